The maximum atomic E-state index is 14.5. The second-order valence-corrected chi connectivity index (χ2v) is 8.10. The molecule has 0 heterocycles. The molecule has 0 radical (unpaired) electrons. The highest BCUT2D eigenvalue weighted by Crippen LogP contribution is 2.64. The van der Waals surface area contributed by atoms with Crippen molar-refractivity contribution in [2.45, 2.75) is 83.4 Å². The molecule has 1 unspecified atom stereocenters. The fourth-order valence-electron chi connectivity index (χ4n) is 4.47. The van der Waals surface area contributed by atoms with E-state index in [1.165, 1.54) is 0 Å². The maximum Gasteiger partial charge on any atom is 0.284 e. The smallest absolute Gasteiger partial charge is 0.284 e. The predicted octanol–water partition coefficient (Wildman–Crippen LogP) is 5.14. The van der Waals surface area contributed by atoms with Gasteiger partial charge in [0.2, 0.25) is 0 Å². The van der Waals surface area contributed by atoms with Gasteiger partial charge in [0.1, 0.15) is 0 Å². The van der Waals surface area contributed by atoms with Crippen LogP contribution in [-0.4, -0.2) is 24.8 Å². The SMILES string of the molecule is CC1CCC(OCC23CCC(C)(CC2)C(F)(F)C3F)CC1. The van der Waals surface area contributed by atoms with Crippen molar-refractivity contribution in [1.29, 1.82) is 0 Å². The van der Waals surface area contributed by atoms with E-state index >= 15 is 0 Å². The Morgan fingerprint density at radius 3 is 2.14 bits per heavy atom. The van der Waals surface area contributed by atoms with Crippen molar-refractivity contribution in [3.63, 3.8) is 0 Å². The third-order valence-electron chi connectivity index (χ3n) is 6.58. The zero-order chi connectivity index (χ0) is 15.3. The number of alkyl halides is 3. The molecule has 4 aliphatic carbocycles. The molecule has 4 saturated carbocycles. The largest absolute Gasteiger partial charge is 0.378 e. The summed E-state index contributed by atoms with van der Waals surface area (Å²) < 4.78 is 49.1. The fourth-order valence-corrected chi connectivity index (χ4v) is 4.47. The van der Waals surface area contributed by atoms with Crippen LogP contribution in [0.15, 0.2) is 0 Å². The van der Waals surface area contributed by atoms with Gasteiger partial charge in [-0.25, -0.2) is 13.2 Å². The van der Waals surface area contributed by atoms with Gasteiger partial charge in [-0.05, 0) is 57.3 Å². The highest BCUT2D eigenvalue weighted by molar-refractivity contribution is 5.12. The lowest BCUT2D eigenvalue weighted by molar-refractivity contribution is -0.274. The quantitative estimate of drug-likeness (QED) is 0.702. The van der Waals surface area contributed by atoms with Crippen LogP contribution in [0.25, 0.3) is 0 Å². The van der Waals surface area contributed by atoms with Crippen LogP contribution in [0.3, 0.4) is 0 Å². The Morgan fingerprint density at radius 2 is 1.57 bits per heavy atom. The Kier molecular flexibility index (Phi) is 3.83. The molecule has 21 heavy (non-hydrogen) atoms. The van der Waals surface area contributed by atoms with Gasteiger partial charge >= 0.3 is 0 Å². The van der Waals surface area contributed by atoms with E-state index in [0.717, 1.165) is 31.6 Å². The summed E-state index contributed by atoms with van der Waals surface area (Å²) in [5.41, 5.74) is -2.08. The first kappa shape index (κ1) is 15.6. The van der Waals surface area contributed by atoms with Crippen LogP contribution in [-0.2, 0) is 4.74 Å². The molecule has 0 aliphatic heterocycles. The number of ether oxygens (including phenoxy) is 1. The van der Waals surface area contributed by atoms with Crippen molar-refractivity contribution in [1.82, 2.24) is 0 Å². The minimum atomic E-state index is -3.20. The first-order chi connectivity index (χ1) is 9.79. The highest BCUT2D eigenvalue weighted by atomic mass is 19.3. The molecule has 2 bridgehead atoms. The first-order valence-corrected chi connectivity index (χ1v) is 8.43. The van der Waals surface area contributed by atoms with Crippen molar-refractivity contribution in [2.24, 2.45) is 16.7 Å². The molecule has 4 rings (SSSR count). The van der Waals surface area contributed by atoms with Crippen molar-refractivity contribution >= 4 is 0 Å². The van der Waals surface area contributed by atoms with Gasteiger partial charge in [-0.1, -0.05) is 13.8 Å². The molecule has 1 atom stereocenters. The maximum absolute atomic E-state index is 14.5. The number of halogens is 3. The van der Waals surface area contributed by atoms with Crippen molar-refractivity contribution < 1.29 is 17.9 Å². The van der Waals surface area contributed by atoms with Gasteiger partial charge in [0.05, 0.1) is 12.7 Å². The van der Waals surface area contributed by atoms with Gasteiger partial charge in [-0.2, -0.15) is 0 Å². The third kappa shape index (κ3) is 2.42. The summed E-state index contributed by atoms with van der Waals surface area (Å²) in [5.74, 6) is -2.47. The Balaban J connectivity index is 1.65. The Hall–Kier alpha value is -0.250. The average molecular weight is 304 g/mol. The highest BCUT2D eigenvalue weighted by Gasteiger charge is 2.69. The van der Waals surface area contributed by atoms with Crippen LogP contribution >= 0.6 is 0 Å². The standard InChI is InChI=1S/C17H27F3O/c1-12-3-5-13(6-4-12)21-11-16-9-7-15(2,8-10-16)17(19,20)14(16)18/h12-14H,3-11H2,1-2H3. The Labute approximate surface area is 125 Å². The fraction of sp³-hybridized carbons (Fsp3) is 1.00. The van der Waals surface area contributed by atoms with Crippen LogP contribution in [0, 0.1) is 16.7 Å². The monoisotopic (exact) mass is 304 g/mol. The molecule has 4 aliphatic rings. The topological polar surface area (TPSA) is 9.23 Å². The summed E-state index contributed by atoms with van der Waals surface area (Å²) >= 11 is 0. The number of fused-ring (bicyclic) bond motifs is 3. The van der Waals surface area contributed by atoms with Crippen molar-refractivity contribution in [3.8, 4) is 0 Å². The second-order valence-electron chi connectivity index (χ2n) is 8.10. The summed E-state index contributed by atoms with van der Waals surface area (Å²) in [6.07, 6.45) is 4.27. The molecule has 4 fully saturated rings. The van der Waals surface area contributed by atoms with Gasteiger partial charge in [-0.15, -0.1) is 0 Å². The Morgan fingerprint density at radius 1 is 1.00 bits per heavy atom. The molecular formula is C17H27F3O. The number of hydrogen-bond donors (Lipinski definition) is 0. The van der Waals surface area contributed by atoms with Crippen LogP contribution < -0.4 is 0 Å². The average Bonchev–Trinajstić information content (AvgIpc) is 2.46. The molecule has 122 valence electrons. The summed E-state index contributed by atoms with van der Waals surface area (Å²) in [4.78, 5) is 0. The Bertz CT molecular complexity index is 379. The first-order valence-electron chi connectivity index (χ1n) is 8.43. The zero-order valence-electron chi connectivity index (χ0n) is 13.1. The second kappa shape index (κ2) is 5.14. The van der Waals surface area contributed by atoms with Gasteiger partial charge in [0.25, 0.3) is 5.92 Å². The van der Waals surface area contributed by atoms with Crippen molar-refractivity contribution in [2.75, 3.05) is 6.61 Å². The predicted molar refractivity (Wildman–Crippen MR) is 76.2 cm³/mol. The summed E-state index contributed by atoms with van der Waals surface area (Å²) in [5, 5.41) is 0. The van der Waals surface area contributed by atoms with E-state index in [2.05, 4.69) is 6.92 Å². The summed E-state index contributed by atoms with van der Waals surface area (Å²) in [6, 6.07) is 0. The molecule has 0 saturated heterocycles. The lowest BCUT2D eigenvalue weighted by atomic mass is 9.51. The van der Waals surface area contributed by atoms with E-state index in [-0.39, 0.29) is 12.7 Å². The number of hydrogen-bond acceptors (Lipinski definition) is 1. The van der Waals surface area contributed by atoms with Crippen LogP contribution in [0.5, 0.6) is 0 Å². The summed E-state index contributed by atoms with van der Waals surface area (Å²) in [6.45, 7) is 3.96. The van der Waals surface area contributed by atoms with Gasteiger partial charge in [-0.3, -0.25) is 0 Å². The van der Waals surface area contributed by atoms with E-state index in [9.17, 15) is 13.2 Å². The van der Waals surface area contributed by atoms with E-state index in [0.29, 0.717) is 25.7 Å². The van der Waals surface area contributed by atoms with Gasteiger partial charge < -0.3 is 4.74 Å². The van der Waals surface area contributed by atoms with E-state index in [1.54, 1.807) is 6.92 Å². The van der Waals surface area contributed by atoms with E-state index < -0.39 is 22.9 Å². The molecule has 0 aromatic heterocycles. The molecule has 4 heteroatoms. The lowest BCUT2D eigenvalue weighted by Crippen LogP contribution is -2.64. The lowest BCUT2D eigenvalue weighted by Gasteiger charge is -2.58. The van der Waals surface area contributed by atoms with Gasteiger partial charge in [0, 0.05) is 10.8 Å². The van der Waals surface area contributed by atoms with E-state index in [1.807, 2.05) is 0 Å². The minimum Gasteiger partial charge on any atom is -0.378 e. The number of rotatable bonds is 3. The van der Waals surface area contributed by atoms with Crippen LogP contribution in [0.4, 0.5) is 13.2 Å². The normalized spacial score (nSPS) is 49.3. The minimum absolute atomic E-state index is 0.145. The van der Waals surface area contributed by atoms with E-state index in [4.69, 9.17) is 4.74 Å². The summed E-state index contributed by atoms with van der Waals surface area (Å²) in [7, 11) is 0. The molecular weight excluding hydrogens is 277 g/mol. The molecule has 1 nitrogen and oxygen atoms in total. The van der Waals surface area contributed by atoms with Crippen molar-refractivity contribution in [3.05, 3.63) is 0 Å². The van der Waals surface area contributed by atoms with Crippen LogP contribution in [0.1, 0.15) is 65.2 Å². The molecule has 0 aromatic carbocycles. The van der Waals surface area contributed by atoms with Crippen LogP contribution in [0.2, 0.25) is 0 Å². The molecule has 0 amide bonds. The molecule has 0 spiro atoms. The molecule has 0 N–H and O–H groups in total. The zero-order valence-corrected chi connectivity index (χ0v) is 13.1. The molecule has 0 aromatic rings. The van der Waals surface area contributed by atoms with Gasteiger partial charge in [0.15, 0.2) is 6.17 Å². The third-order valence-corrected chi connectivity index (χ3v) is 6.58.